The van der Waals surface area contributed by atoms with Crippen molar-refractivity contribution in [2.45, 2.75) is 58.7 Å². The van der Waals surface area contributed by atoms with Crippen LogP contribution in [0.3, 0.4) is 0 Å². The summed E-state index contributed by atoms with van der Waals surface area (Å²) in [5.41, 5.74) is 0. The first-order valence-corrected chi connectivity index (χ1v) is 11.2. The average Bonchev–Trinajstić information content (AvgIpc) is 2.87. The van der Waals surface area contributed by atoms with Crippen LogP contribution in [0, 0.1) is 0 Å². The first-order valence-electron chi connectivity index (χ1n) is 9.34. The van der Waals surface area contributed by atoms with Crippen molar-refractivity contribution in [3.05, 3.63) is 0 Å². The number of carbonyl (C=O) groups excluding carboxylic acids is 1. The number of guanidine groups is 1. The zero-order valence-electron chi connectivity index (χ0n) is 16.7. The molecule has 9 heteroatoms. The molecule has 0 radical (unpaired) electrons. The van der Waals surface area contributed by atoms with Crippen molar-refractivity contribution in [1.82, 2.24) is 20.9 Å². The lowest BCUT2D eigenvalue weighted by molar-refractivity contribution is -0.121. The van der Waals surface area contributed by atoms with Crippen LogP contribution in [0.5, 0.6) is 0 Å². The summed E-state index contributed by atoms with van der Waals surface area (Å²) >= 11 is 0. The Kier molecular flexibility index (Phi) is 9.35. The molecule has 0 aliphatic carbocycles. The fourth-order valence-electron chi connectivity index (χ4n) is 3.14. The zero-order chi connectivity index (χ0) is 19.7. The molecule has 0 bridgehead atoms. The third kappa shape index (κ3) is 8.35. The molecule has 3 N–H and O–H groups in total. The summed E-state index contributed by atoms with van der Waals surface area (Å²) in [6.45, 7) is 10.9. The topological polar surface area (TPSA) is 103 Å². The van der Waals surface area contributed by atoms with Crippen LogP contribution in [0.2, 0.25) is 0 Å². The summed E-state index contributed by atoms with van der Waals surface area (Å²) in [7, 11) is -1.28. The Labute approximate surface area is 158 Å². The van der Waals surface area contributed by atoms with Crippen LogP contribution in [-0.4, -0.2) is 81.5 Å². The number of nitrogens with zero attached hydrogens (tertiary/aromatic N) is 2. The normalized spacial score (nSPS) is 20.0. The highest BCUT2D eigenvalue weighted by Crippen LogP contribution is 2.11. The second-order valence-corrected chi connectivity index (χ2v) is 9.50. The Morgan fingerprint density at radius 3 is 2.27 bits per heavy atom. The van der Waals surface area contributed by atoms with Gasteiger partial charge in [-0.05, 0) is 34.1 Å². The molecule has 1 rings (SSSR count). The van der Waals surface area contributed by atoms with Gasteiger partial charge in [-0.1, -0.05) is 0 Å². The molecule has 152 valence electrons. The Morgan fingerprint density at radius 2 is 1.77 bits per heavy atom. The van der Waals surface area contributed by atoms with Crippen molar-refractivity contribution >= 4 is 21.7 Å². The van der Waals surface area contributed by atoms with Gasteiger partial charge in [0.25, 0.3) is 0 Å². The van der Waals surface area contributed by atoms with Crippen molar-refractivity contribution in [3.8, 4) is 0 Å². The number of amides is 1. The molecular formula is C17H35N5O3S. The predicted molar refractivity (Wildman–Crippen MR) is 106 cm³/mol. The number of sulfone groups is 1. The molecule has 1 amide bonds. The highest BCUT2D eigenvalue weighted by molar-refractivity contribution is 7.91. The van der Waals surface area contributed by atoms with Crippen molar-refractivity contribution in [2.24, 2.45) is 4.99 Å². The van der Waals surface area contributed by atoms with Crippen LogP contribution < -0.4 is 16.0 Å². The number of rotatable bonds is 9. The lowest BCUT2D eigenvalue weighted by Crippen LogP contribution is -2.46. The summed E-state index contributed by atoms with van der Waals surface area (Å²) in [6, 6.07) is 0.715. The van der Waals surface area contributed by atoms with Crippen LogP contribution in [0.15, 0.2) is 4.99 Å². The maximum atomic E-state index is 11.9. The molecule has 1 atom stereocenters. The van der Waals surface area contributed by atoms with Gasteiger partial charge in [-0.25, -0.2) is 8.42 Å². The molecule has 0 aromatic carbocycles. The fraction of sp³-hybridized carbons (Fsp3) is 0.882. The summed E-state index contributed by atoms with van der Waals surface area (Å²) < 4.78 is 22.8. The third-order valence-electron chi connectivity index (χ3n) is 4.45. The minimum atomic E-state index is -2.97. The first-order chi connectivity index (χ1) is 12.1. The van der Waals surface area contributed by atoms with Gasteiger partial charge in [-0.15, -0.1) is 0 Å². The van der Waals surface area contributed by atoms with Crippen molar-refractivity contribution in [2.75, 3.05) is 38.2 Å². The first kappa shape index (κ1) is 22.7. The highest BCUT2D eigenvalue weighted by Gasteiger charge is 2.28. The predicted octanol–water partition coefficient (Wildman–Crippen LogP) is -0.0364. The minimum absolute atomic E-state index is 0.0532. The Bertz CT molecular complexity index is 567. The van der Waals surface area contributed by atoms with Gasteiger partial charge in [0.15, 0.2) is 15.8 Å². The third-order valence-corrected chi connectivity index (χ3v) is 6.22. The average molecular weight is 390 g/mol. The smallest absolute Gasteiger partial charge is 0.222 e. The van der Waals surface area contributed by atoms with Crippen molar-refractivity contribution in [1.29, 1.82) is 0 Å². The molecule has 8 nitrogen and oxygen atoms in total. The zero-order valence-corrected chi connectivity index (χ0v) is 17.5. The number of hydrogen-bond acceptors (Lipinski definition) is 5. The molecule has 26 heavy (non-hydrogen) atoms. The van der Waals surface area contributed by atoms with Crippen molar-refractivity contribution in [3.63, 3.8) is 0 Å². The number of hydrogen-bond donors (Lipinski definition) is 3. The number of carbonyl (C=O) groups is 1. The molecule has 0 aromatic heterocycles. The van der Waals surface area contributed by atoms with E-state index in [1.54, 1.807) is 7.05 Å². The summed E-state index contributed by atoms with van der Waals surface area (Å²) in [4.78, 5) is 18.5. The maximum absolute atomic E-state index is 11.9. The highest BCUT2D eigenvalue weighted by atomic mass is 32.2. The number of aliphatic imine (C=N–C) groups is 1. The van der Waals surface area contributed by atoms with E-state index >= 15 is 0 Å². The SMILES string of the molecule is CN=C(NCCC(=O)NC1CCS(=O)(=O)C1)NCCN(C(C)C)C(C)C. The van der Waals surface area contributed by atoms with Crippen LogP contribution >= 0.6 is 0 Å². The fourth-order valence-corrected chi connectivity index (χ4v) is 4.81. The van der Waals surface area contributed by atoms with E-state index in [2.05, 4.69) is 53.5 Å². The van der Waals surface area contributed by atoms with Gasteiger partial charge in [-0.3, -0.25) is 14.7 Å². The molecule has 1 fully saturated rings. The number of nitrogens with one attached hydrogen (secondary N) is 3. The van der Waals surface area contributed by atoms with E-state index in [1.807, 2.05) is 0 Å². The Balaban J connectivity index is 2.24. The summed E-state index contributed by atoms with van der Waals surface area (Å²) in [6.07, 6.45) is 0.786. The molecule has 0 saturated carbocycles. The standard InChI is InChI=1S/C17H35N5O3S/c1-13(2)22(14(3)4)10-9-20-17(18-5)19-8-6-16(23)21-15-7-11-26(24,25)12-15/h13-15H,6-12H2,1-5H3,(H,21,23)(H2,18,19,20). The lowest BCUT2D eigenvalue weighted by Gasteiger charge is -2.30. The largest absolute Gasteiger partial charge is 0.356 e. The summed E-state index contributed by atoms with van der Waals surface area (Å²) in [5, 5.41) is 9.15. The molecule has 1 saturated heterocycles. The second-order valence-electron chi connectivity index (χ2n) is 7.27. The lowest BCUT2D eigenvalue weighted by atomic mass is 10.2. The van der Waals surface area contributed by atoms with E-state index in [0.717, 1.165) is 13.1 Å². The van der Waals surface area contributed by atoms with Gasteiger partial charge in [0.1, 0.15) is 0 Å². The Morgan fingerprint density at radius 1 is 1.15 bits per heavy atom. The maximum Gasteiger partial charge on any atom is 0.222 e. The van der Waals surface area contributed by atoms with E-state index in [-0.39, 0.29) is 29.9 Å². The van der Waals surface area contributed by atoms with E-state index in [4.69, 9.17) is 0 Å². The van der Waals surface area contributed by atoms with E-state index in [0.29, 0.717) is 31.0 Å². The van der Waals surface area contributed by atoms with E-state index in [9.17, 15) is 13.2 Å². The minimum Gasteiger partial charge on any atom is -0.356 e. The molecule has 1 aliphatic rings. The quantitative estimate of drug-likeness (QED) is 0.378. The van der Waals surface area contributed by atoms with Gasteiger partial charge in [0.05, 0.1) is 11.5 Å². The molecule has 0 aromatic rings. The second kappa shape index (κ2) is 10.7. The summed E-state index contributed by atoms with van der Waals surface area (Å²) in [5.74, 6) is 0.739. The van der Waals surface area contributed by atoms with E-state index < -0.39 is 9.84 Å². The Hall–Kier alpha value is -1.35. The monoisotopic (exact) mass is 389 g/mol. The molecule has 1 heterocycles. The van der Waals surface area contributed by atoms with Gasteiger partial charge >= 0.3 is 0 Å². The molecule has 1 aliphatic heterocycles. The molecular weight excluding hydrogens is 354 g/mol. The van der Waals surface area contributed by atoms with Gasteiger partial charge in [0.2, 0.25) is 5.91 Å². The van der Waals surface area contributed by atoms with Gasteiger partial charge in [-0.2, -0.15) is 0 Å². The van der Waals surface area contributed by atoms with Crippen LogP contribution in [0.25, 0.3) is 0 Å². The van der Waals surface area contributed by atoms with Crippen LogP contribution in [0.4, 0.5) is 0 Å². The van der Waals surface area contributed by atoms with Gasteiger partial charge < -0.3 is 16.0 Å². The van der Waals surface area contributed by atoms with Gasteiger partial charge in [0, 0.05) is 51.2 Å². The van der Waals surface area contributed by atoms with E-state index in [1.165, 1.54) is 0 Å². The van der Waals surface area contributed by atoms with Crippen molar-refractivity contribution < 1.29 is 13.2 Å². The molecule has 1 unspecified atom stereocenters. The van der Waals surface area contributed by atoms with Crippen LogP contribution in [0.1, 0.15) is 40.5 Å². The molecule has 0 spiro atoms. The van der Waals surface area contributed by atoms with Crippen LogP contribution in [-0.2, 0) is 14.6 Å².